The van der Waals surface area contributed by atoms with Crippen molar-refractivity contribution in [1.82, 2.24) is 20.1 Å². The fourth-order valence-corrected chi connectivity index (χ4v) is 2.84. The molecule has 6 nitrogen and oxygen atoms in total. The molecule has 1 atom stereocenters. The summed E-state index contributed by atoms with van der Waals surface area (Å²) in [5.74, 6) is -0.0284. The van der Waals surface area contributed by atoms with Gasteiger partial charge in [0.25, 0.3) is 5.91 Å². The number of nitrogens with zero attached hydrogens (tertiary/aromatic N) is 3. The lowest BCUT2D eigenvalue weighted by atomic mass is 10.0. The van der Waals surface area contributed by atoms with Crippen LogP contribution in [0, 0.1) is 6.92 Å². The molecule has 2 aromatic rings. The van der Waals surface area contributed by atoms with Gasteiger partial charge in [0.05, 0.1) is 6.04 Å². The molecule has 3 heterocycles. The van der Waals surface area contributed by atoms with Crippen molar-refractivity contribution < 1.29 is 9.53 Å². The number of carbonyl (C=O) groups is 1. The average Bonchev–Trinajstić information content (AvgIpc) is 3.01. The number of aryl methyl sites for hydroxylation is 1. The minimum Gasteiger partial charge on any atom is -0.385 e. The molecule has 0 saturated carbocycles. The highest BCUT2D eigenvalue weighted by molar-refractivity contribution is 5.98. The molecule has 0 aliphatic carbocycles. The van der Waals surface area contributed by atoms with Crippen molar-refractivity contribution in [2.45, 2.75) is 19.4 Å². The normalized spacial score (nSPS) is 17.3. The molecule has 1 N–H and O–H groups in total. The smallest absolute Gasteiger partial charge is 0.275 e. The summed E-state index contributed by atoms with van der Waals surface area (Å²) in [5, 5.41) is 7.08. The number of ether oxygens (including phenoxy) is 1. The molecule has 1 aliphatic heterocycles. The van der Waals surface area contributed by atoms with Gasteiger partial charge in [-0.3, -0.25) is 14.9 Å². The molecule has 1 amide bonds. The van der Waals surface area contributed by atoms with Gasteiger partial charge in [-0.25, -0.2) is 0 Å². The Bertz CT molecular complexity index is 638. The van der Waals surface area contributed by atoms with E-state index in [4.69, 9.17) is 4.74 Å². The van der Waals surface area contributed by atoms with Crippen LogP contribution in [0.2, 0.25) is 0 Å². The molecule has 0 saturated heterocycles. The van der Waals surface area contributed by atoms with Crippen molar-refractivity contribution in [1.29, 1.82) is 0 Å². The van der Waals surface area contributed by atoms with Gasteiger partial charge in [0.1, 0.15) is 0 Å². The number of amides is 1. The van der Waals surface area contributed by atoms with Gasteiger partial charge in [0.15, 0.2) is 5.69 Å². The Labute approximate surface area is 123 Å². The number of aromatic amines is 1. The Kier molecular flexibility index (Phi) is 3.70. The van der Waals surface area contributed by atoms with Crippen LogP contribution in [0.25, 0.3) is 0 Å². The maximum Gasteiger partial charge on any atom is 0.275 e. The number of aromatic nitrogens is 3. The number of pyridine rings is 1. The number of hydrogen-bond acceptors (Lipinski definition) is 4. The van der Waals surface area contributed by atoms with Gasteiger partial charge in [-0.1, -0.05) is 6.07 Å². The first-order valence-electron chi connectivity index (χ1n) is 6.98. The van der Waals surface area contributed by atoms with E-state index in [1.54, 1.807) is 13.3 Å². The van der Waals surface area contributed by atoms with E-state index in [2.05, 4.69) is 15.2 Å². The van der Waals surface area contributed by atoms with E-state index in [9.17, 15) is 4.79 Å². The van der Waals surface area contributed by atoms with Gasteiger partial charge in [-0.15, -0.1) is 0 Å². The topological polar surface area (TPSA) is 71.1 Å². The van der Waals surface area contributed by atoms with Crippen LogP contribution in [0.5, 0.6) is 0 Å². The average molecular weight is 286 g/mol. The zero-order valence-electron chi connectivity index (χ0n) is 12.2. The third-order valence-electron chi connectivity index (χ3n) is 3.79. The molecule has 0 spiro atoms. The summed E-state index contributed by atoms with van der Waals surface area (Å²) in [7, 11) is 1.67. The maximum absolute atomic E-state index is 12.6. The van der Waals surface area contributed by atoms with E-state index in [0.29, 0.717) is 18.8 Å². The van der Waals surface area contributed by atoms with Crippen molar-refractivity contribution in [3.63, 3.8) is 0 Å². The Balaban J connectivity index is 1.98. The van der Waals surface area contributed by atoms with Crippen LogP contribution in [0.15, 0.2) is 24.5 Å². The monoisotopic (exact) mass is 286 g/mol. The maximum atomic E-state index is 12.6. The Hall–Kier alpha value is -2.21. The summed E-state index contributed by atoms with van der Waals surface area (Å²) in [4.78, 5) is 18.6. The molecule has 1 unspecified atom stereocenters. The van der Waals surface area contributed by atoms with Gasteiger partial charge in [-0.05, 0) is 25.0 Å². The first-order chi connectivity index (χ1) is 10.2. The minimum atomic E-state index is -0.114. The molecule has 0 radical (unpaired) electrons. The number of fused-ring (bicyclic) bond motifs is 1. The lowest BCUT2D eigenvalue weighted by molar-refractivity contribution is 0.0722. The van der Waals surface area contributed by atoms with Gasteiger partial charge >= 0.3 is 0 Å². The Morgan fingerprint density at radius 3 is 3.05 bits per heavy atom. The van der Waals surface area contributed by atoms with Crippen LogP contribution in [0.4, 0.5) is 0 Å². The number of rotatable bonds is 5. The van der Waals surface area contributed by atoms with E-state index in [-0.39, 0.29) is 11.9 Å². The van der Waals surface area contributed by atoms with E-state index in [0.717, 1.165) is 23.2 Å². The summed E-state index contributed by atoms with van der Waals surface area (Å²) >= 11 is 0. The summed E-state index contributed by atoms with van der Waals surface area (Å²) < 4.78 is 5.09. The van der Waals surface area contributed by atoms with E-state index in [1.165, 1.54) is 0 Å². The highest BCUT2D eigenvalue weighted by atomic mass is 16.5. The van der Waals surface area contributed by atoms with Gasteiger partial charge in [0.2, 0.25) is 0 Å². The molecular weight excluding hydrogens is 268 g/mol. The van der Waals surface area contributed by atoms with Crippen LogP contribution in [0.3, 0.4) is 0 Å². The fraction of sp³-hybridized carbons (Fsp3) is 0.400. The van der Waals surface area contributed by atoms with Crippen LogP contribution in [-0.4, -0.2) is 46.2 Å². The number of hydrogen-bond donors (Lipinski definition) is 1. The highest BCUT2D eigenvalue weighted by Crippen LogP contribution is 2.38. The molecule has 21 heavy (non-hydrogen) atoms. The zero-order chi connectivity index (χ0) is 14.8. The molecule has 3 rings (SSSR count). The Morgan fingerprint density at radius 1 is 1.48 bits per heavy atom. The number of H-pyrrole nitrogens is 1. The first-order valence-corrected chi connectivity index (χ1v) is 6.98. The van der Waals surface area contributed by atoms with Crippen LogP contribution in [0.1, 0.15) is 39.8 Å². The summed E-state index contributed by atoms with van der Waals surface area (Å²) in [5.41, 5.74) is 3.43. The fourth-order valence-electron chi connectivity index (χ4n) is 2.84. The van der Waals surface area contributed by atoms with Crippen LogP contribution in [-0.2, 0) is 4.74 Å². The summed E-state index contributed by atoms with van der Waals surface area (Å²) in [6.07, 6.45) is 4.34. The van der Waals surface area contributed by atoms with E-state index in [1.807, 2.05) is 30.2 Å². The molecule has 6 heteroatoms. The van der Waals surface area contributed by atoms with Crippen molar-refractivity contribution in [2.75, 3.05) is 20.3 Å². The molecule has 110 valence electrons. The second-order valence-electron chi connectivity index (χ2n) is 5.14. The number of carbonyl (C=O) groups excluding carboxylic acids is 1. The number of nitrogens with one attached hydrogen (secondary N) is 1. The van der Waals surface area contributed by atoms with Crippen molar-refractivity contribution in [2.24, 2.45) is 0 Å². The molecule has 0 aromatic carbocycles. The van der Waals surface area contributed by atoms with Crippen molar-refractivity contribution in [3.05, 3.63) is 47.0 Å². The molecule has 2 aromatic heterocycles. The van der Waals surface area contributed by atoms with Crippen LogP contribution >= 0.6 is 0 Å². The lowest BCUT2D eigenvalue weighted by Crippen LogP contribution is -2.31. The largest absolute Gasteiger partial charge is 0.385 e. The van der Waals surface area contributed by atoms with Gasteiger partial charge in [-0.2, -0.15) is 5.10 Å². The van der Waals surface area contributed by atoms with Crippen molar-refractivity contribution in [3.8, 4) is 0 Å². The van der Waals surface area contributed by atoms with E-state index >= 15 is 0 Å². The second-order valence-corrected chi connectivity index (χ2v) is 5.14. The van der Waals surface area contributed by atoms with Crippen molar-refractivity contribution >= 4 is 5.91 Å². The predicted molar refractivity (Wildman–Crippen MR) is 76.9 cm³/mol. The van der Waals surface area contributed by atoms with Gasteiger partial charge in [0, 0.05) is 43.9 Å². The predicted octanol–water partition coefficient (Wildman–Crippen LogP) is 1.69. The summed E-state index contributed by atoms with van der Waals surface area (Å²) in [6.45, 7) is 3.22. The molecular formula is C15H18N4O2. The number of methoxy groups -OCH3 is 1. The zero-order valence-corrected chi connectivity index (χ0v) is 12.2. The quantitative estimate of drug-likeness (QED) is 0.849. The standard InChI is InChI=1S/C15H18N4O2/c1-10-12-13(18-17-10)15(20)19(7-4-8-21-2)14(12)11-5-3-6-16-9-11/h3,5-6,9,14H,4,7-8H2,1-2H3,(H,17,18). The third kappa shape index (κ3) is 2.31. The first kappa shape index (κ1) is 13.8. The molecule has 0 fully saturated rings. The lowest BCUT2D eigenvalue weighted by Gasteiger charge is -2.25. The minimum absolute atomic E-state index is 0.0284. The SMILES string of the molecule is COCCCN1C(=O)c2n[nH]c(C)c2C1c1cccnc1. The van der Waals surface area contributed by atoms with Crippen LogP contribution < -0.4 is 0 Å². The molecule has 1 aliphatic rings. The second kappa shape index (κ2) is 5.65. The molecule has 0 bridgehead atoms. The van der Waals surface area contributed by atoms with Gasteiger partial charge < -0.3 is 9.64 Å². The Morgan fingerprint density at radius 2 is 2.33 bits per heavy atom. The van der Waals surface area contributed by atoms with E-state index < -0.39 is 0 Å². The summed E-state index contributed by atoms with van der Waals surface area (Å²) in [6, 6.07) is 3.77. The highest BCUT2D eigenvalue weighted by Gasteiger charge is 2.41. The third-order valence-corrected chi connectivity index (χ3v) is 3.79.